The molecule has 1 unspecified atom stereocenters. The van der Waals surface area contributed by atoms with E-state index >= 15 is 0 Å². The number of aliphatic hydroxyl groups excluding tert-OH is 1. The zero-order chi connectivity index (χ0) is 11.7. The molecule has 0 aromatic carbocycles. The van der Waals surface area contributed by atoms with E-state index in [1.165, 1.54) is 11.3 Å². The fourth-order valence-electron chi connectivity index (χ4n) is 1.25. The fourth-order valence-corrected chi connectivity index (χ4v) is 3.60. The second-order valence-corrected chi connectivity index (χ2v) is 6.18. The van der Waals surface area contributed by atoms with Gasteiger partial charge in [-0.3, -0.25) is 4.98 Å². The van der Waals surface area contributed by atoms with Crippen molar-refractivity contribution in [2.24, 2.45) is 0 Å². The van der Waals surface area contributed by atoms with E-state index in [1.54, 1.807) is 12.3 Å². The minimum atomic E-state index is -0.796. The van der Waals surface area contributed by atoms with Gasteiger partial charge in [0.25, 0.3) is 0 Å². The number of rotatable bonds is 2. The molecule has 0 radical (unpaired) electrons. The third-order valence-corrected chi connectivity index (χ3v) is 4.47. The van der Waals surface area contributed by atoms with Crippen LogP contribution in [0.1, 0.15) is 16.7 Å². The maximum absolute atomic E-state index is 10.2. The second kappa shape index (κ2) is 5.14. The van der Waals surface area contributed by atoms with Crippen molar-refractivity contribution in [2.75, 3.05) is 0 Å². The molecule has 2 aromatic heterocycles. The molecule has 1 N–H and O–H groups in total. The van der Waals surface area contributed by atoms with Gasteiger partial charge in [0.15, 0.2) is 0 Å². The molecule has 0 saturated heterocycles. The van der Waals surface area contributed by atoms with Crippen molar-refractivity contribution in [1.29, 1.82) is 0 Å². The van der Waals surface area contributed by atoms with Crippen LogP contribution in [-0.2, 0) is 0 Å². The van der Waals surface area contributed by atoms with Crippen LogP contribution in [0.4, 0.5) is 0 Å². The van der Waals surface area contributed by atoms with Gasteiger partial charge >= 0.3 is 0 Å². The van der Waals surface area contributed by atoms with Gasteiger partial charge in [-0.15, -0.1) is 11.3 Å². The van der Waals surface area contributed by atoms with E-state index < -0.39 is 6.10 Å². The van der Waals surface area contributed by atoms with Crippen LogP contribution in [0.5, 0.6) is 0 Å². The minimum Gasteiger partial charge on any atom is -0.381 e. The number of thiophene rings is 1. The molecule has 2 rings (SSSR count). The van der Waals surface area contributed by atoms with Gasteiger partial charge < -0.3 is 5.11 Å². The van der Waals surface area contributed by atoms with Gasteiger partial charge in [-0.05, 0) is 49.4 Å². The van der Waals surface area contributed by atoms with E-state index in [2.05, 4.69) is 36.8 Å². The number of nitrogens with zero attached hydrogens (tertiary/aromatic N) is 1. The molecular weight excluding hydrogens is 377 g/mol. The molecule has 0 fully saturated rings. The van der Waals surface area contributed by atoms with E-state index in [1.807, 2.05) is 11.4 Å². The van der Waals surface area contributed by atoms with Crippen LogP contribution in [-0.4, -0.2) is 10.1 Å². The average molecular weight is 383 g/mol. The van der Waals surface area contributed by atoms with Gasteiger partial charge in [0.05, 0.1) is 15.6 Å². The van der Waals surface area contributed by atoms with Crippen molar-refractivity contribution in [3.63, 3.8) is 0 Å². The zero-order valence-electron chi connectivity index (χ0n) is 7.82. The highest BCUT2D eigenvalue weighted by molar-refractivity contribution is 9.11. The standard InChI is InChI=1S/C10H6Br2ClNOS/c11-5-3-6(12)8(14-4-5)9(15)10-7(13)1-2-16-10/h1-4,9,15H. The van der Waals surface area contributed by atoms with Gasteiger partial charge in [0, 0.05) is 15.1 Å². The van der Waals surface area contributed by atoms with E-state index in [9.17, 15) is 5.11 Å². The summed E-state index contributed by atoms with van der Waals surface area (Å²) >= 11 is 14.1. The maximum Gasteiger partial charge on any atom is 0.133 e. The lowest BCUT2D eigenvalue weighted by molar-refractivity contribution is 0.218. The minimum absolute atomic E-state index is 0.563. The summed E-state index contributed by atoms with van der Waals surface area (Å²) in [6.45, 7) is 0. The summed E-state index contributed by atoms with van der Waals surface area (Å²) in [6, 6.07) is 3.60. The van der Waals surface area contributed by atoms with Crippen molar-refractivity contribution in [2.45, 2.75) is 6.10 Å². The normalized spacial score (nSPS) is 12.8. The molecule has 0 aliphatic rings. The van der Waals surface area contributed by atoms with Gasteiger partial charge in [-0.25, -0.2) is 0 Å². The van der Waals surface area contributed by atoms with Gasteiger partial charge in [-0.2, -0.15) is 0 Å². The van der Waals surface area contributed by atoms with Crippen LogP contribution in [0, 0.1) is 0 Å². The topological polar surface area (TPSA) is 33.1 Å². The van der Waals surface area contributed by atoms with Gasteiger partial charge in [0.1, 0.15) is 6.10 Å². The average Bonchev–Trinajstić information content (AvgIpc) is 2.63. The highest BCUT2D eigenvalue weighted by atomic mass is 79.9. The molecule has 1 atom stereocenters. The van der Waals surface area contributed by atoms with Crippen LogP contribution in [0.15, 0.2) is 32.7 Å². The molecule has 84 valence electrons. The Kier molecular flexibility index (Phi) is 4.02. The Bertz CT molecular complexity index is 517. The van der Waals surface area contributed by atoms with Crippen molar-refractivity contribution in [1.82, 2.24) is 4.98 Å². The largest absolute Gasteiger partial charge is 0.381 e. The van der Waals surface area contributed by atoms with E-state index in [0.29, 0.717) is 15.6 Å². The van der Waals surface area contributed by atoms with Crippen molar-refractivity contribution in [3.8, 4) is 0 Å². The predicted octanol–water partition coefficient (Wildman–Crippen LogP) is 4.40. The molecule has 16 heavy (non-hydrogen) atoms. The first-order valence-corrected chi connectivity index (χ1v) is 7.16. The molecule has 0 bridgehead atoms. The Hall–Kier alpha value is 0.0600. The van der Waals surface area contributed by atoms with Crippen molar-refractivity contribution in [3.05, 3.63) is 48.2 Å². The maximum atomic E-state index is 10.2. The number of aliphatic hydroxyl groups is 1. The highest BCUT2D eigenvalue weighted by Gasteiger charge is 2.19. The first kappa shape index (κ1) is 12.5. The Balaban J connectivity index is 2.41. The summed E-state index contributed by atoms with van der Waals surface area (Å²) in [4.78, 5) is 4.88. The van der Waals surface area contributed by atoms with Crippen LogP contribution in [0.25, 0.3) is 0 Å². The Morgan fingerprint density at radius 2 is 2.19 bits per heavy atom. The molecule has 0 aliphatic carbocycles. The molecule has 2 heterocycles. The lowest BCUT2D eigenvalue weighted by Crippen LogP contribution is -2.01. The van der Waals surface area contributed by atoms with E-state index in [4.69, 9.17) is 11.6 Å². The second-order valence-electron chi connectivity index (χ2n) is 3.06. The quantitative estimate of drug-likeness (QED) is 0.834. The highest BCUT2D eigenvalue weighted by Crippen LogP contribution is 2.35. The first-order chi connectivity index (χ1) is 7.59. The molecule has 0 spiro atoms. The fraction of sp³-hybridized carbons (Fsp3) is 0.100. The smallest absolute Gasteiger partial charge is 0.133 e. The molecule has 6 heteroatoms. The molecular formula is C10H6Br2ClNOS. The van der Waals surface area contributed by atoms with Crippen LogP contribution in [0.2, 0.25) is 5.02 Å². The van der Waals surface area contributed by atoms with E-state index in [0.717, 1.165) is 8.95 Å². The zero-order valence-corrected chi connectivity index (χ0v) is 12.6. The van der Waals surface area contributed by atoms with Crippen molar-refractivity contribution >= 4 is 54.8 Å². The number of hydrogen-bond donors (Lipinski definition) is 1. The summed E-state index contributed by atoms with van der Waals surface area (Å²) in [5, 5.41) is 12.6. The summed E-state index contributed by atoms with van der Waals surface area (Å²) < 4.78 is 1.60. The number of hydrogen-bond acceptors (Lipinski definition) is 3. The molecule has 0 saturated carbocycles. The Labute approximate surface area is 119 Å². The first-order valence-electron chi connectivity index (χ1n) is 4.31. The molecule has 2 nitrogen and oxygen atoms in total. The number of pyridine rings is 1. The third-order valence-electron chi connectivity index (χ3n) is 1.99. The van der Waals surface area contributed by atoms with Crippen LogP contribution >= 0.6 is 54.8 Å². The Morgan fingerprint density at radius 1 is 1.44 bits per heavy atom. The van der Waals surface area contributed by atoms with Crippen molar-refractivity contribution < 1.29 is 5.11 Å². The lowest BCUT2D eigenvalue weighted by atomic mass is 10.2. The third kappa shape index (κ3) is 2.49. The molecule has 0 aliphatic heterocycles. The monoisotopic (exact) mass is 381 g/mol. The summed E-state index contributed by atoms with van der Waals surface area (Å²) in [5.41, 5.74) is 0.563. The van der Waals surface area contributed by atoms with E-state index in [-0.39, 0.29) is 0 Å². The van der Waals surface area contributed by atoms with Gasteiger partial charge in [0.2, 0.25) is 0 Å². The van der Waals surface area contributed by atoms with Crippen LogP contribution < -0.4 is 0 Å². The SMILES string of the molecule is OC(c1ncc(Br)cc1Br)c1sccc1Cl. The molecule has 2 aromatic rings. The predicted molar refractivity (Wildman–Crippen MR) is 73.0 cm³/mol. The molecule has 0 amide bonds. The summed E-state index contributed by atoms with van der Waals surface area (Å²) in [5.74, 6) is 0. The lowest BCUT2D eigenvalue weighted by Gasteiger charge is -2.10. The van der Waals surface area contributed by atoms with Gasteiger partial charge in [-0.1, -0.05) is 11.6 Å². The van der Waals surface area contributed by atoms with Crippen LogP contribution in [0.3, 0.4) is 0 Å². The summed E-state index contributed by atoms with van der Waals surface area (Å²) in [7, 11) is 0. The summed E-state index contributed by atoms with van der Waals surface area (Å²) in [6.07, 6.45) is 0.847. The number of halogens is 3. The Morgan fingerprint density at radius 3 is 2.75 bits per heavy atom. The number of aromatic nitrogens is 1.